The molecule has 10 heteroatoms. The Bertz CT molecular complexity index is 1070. The van der Waals surface area contributed by atoms with Crippen molar-refractivity contribution < 1.29 is 62.9 Å². The Morgan fingerprint density at radius 3 is 2.47 bits per heavy atom. The van der Waals surface area contributed by atoms with E-state index in [1.807, 2.05) is 11.0 Å². The summed E-state index contributed by atoms with van der Waals surface area (Å²) in [6, 6.07) is 11.1. The molecule has 0 bridgehead atoms. The average Bonchev–Trinajstić information content (AvgIpc) is 3.30. The topological polar surface area (TPSA) is 125 Å². The number of aliphatic carboxylic acids is 1. The van der Waals surface area contributed by atoms with Gasteiger partial charge in [0.25, 0.3) is 0 Å². The molecule has 174 valence electrons. The van der Waals surface area contributed by atoms with Crippen LogP contribution >= 0.6 is 0 Å². The Morgan fingerprint density at radius 1 is 1.15 bits per heavy atom. The van der Waals surface area contributed by atoms with E-state index in [-0.39, 0.29) is 48.5 Å². The van der Waals surface area contributed by atoms with Gasteiger partial charge in [-0.3, -0.25) is 4.79 Å². The molecule has 0 spiro atoms. The van der Waals surface area contributed by atoms with Crippen LogP contribution in [-0.4, -0.2) is 45.4 Å². The molecule has 9 nitrogen and oxygen atoms in total. The smallest absolute Gasteiger partial charge is 0.550 e. The molecule has 0 atom stereocenters. The average molecular weight is 476 g/mol. The van der Waals surface area contributed by atoms with Gasteiger partial charge in [-0.2, -0.15) is 5.26 Å². The number of allylic oxidation sites excluding steroid dienone is 1. The monoisotopic (exact) mass is 476 g/mol. The van der Waals surface area contributed by atoms with Crippen LogP contribution < -0.4 is 49.0 Å². The number of esters is 1. The molecule has 0 aliphatic carbocycles. The number of carboxylic acid groups (broad SMARTS) is 1. The number of hydrogen-bond donors (Lipinski definition) is 0. The second-order valence-electron chi connectivity index (χ2n) is 7.46. The third-order valence-corrected chi connectivity index (χ3v) is 5.30. The first kappa shape index (κ1) is 27.3. The molecule has 0 unspecified atom stereocenters. The second kappa shape index (κ2) is 13.1. The summed E-state index contributed by atoms with van der Waals surface area (Å²) >= 11 is 0. The van der Waals surface area contributed by atoms with Crippen LogP contribution in [-0.2, 0) is 14.3 Å². The number of nitriles is 1. The van der Waals surface area contributed by atoms with Gasteiger partial charge in [-0.05, 0) is 42.3 Å². The van der Waals surface area contributed by atoms with Crippen molar-refractivity contribution in [3.63, 3.8) is 0 Å². The minimum Gasteiger partial charge on any atom is -0.550 e. The van der Waals surface area contributed by atoms with Crippen LogP contribution in [0.15, 0.2) is 34.7 Å². The summed E-state index contributed by atoms with van der Waals surface area (Å²) in [5.41, 5.74) is 1.09. The number of methoxy groups -OCH3 is 2. The van der Waals surface area contributed by atoms with E-state index in [0.717, 1.165) is 0 Å². The number of piperidine rings is 1. The Balaban J connectivity index is 0.00000408. The molecular formula is C24H25N2NaO7. The van der Waals surface area contributed by atoms with Gasteiger partial charge >= 0.3 is 35.5 Å². The van der Waals surface area contributed by atoms with Crippen molar-refractivity contribution in [1.82, 2.24) is 0 Å². The standard InChI is InChI=1S/C24H26N2O7.Na/c1-30-20-5-3-16(14-21(20)31-2)17(15-25)13-19-4-6-22(32-19)26-11-9-18(10-12-26)33-24(29)8-7-23(27)28;/h3-6,13-14,18H,7-12H2,1-2H3,(H,27,28);/q;+1/p-1/b17-13+;. The van der Waals surface area contributed by atoms with E-state index in [1.54, 1.807) is 37.5 Å². The SMILES string of the molecule is COc1ccc(/C(C#N)=C/c2ccc(N3CCC(OC(=O)CCC(=O)[O-])CC3)o2)cc1OC.[Na+]. The largest absolute Gasteiger partial charge is 1.00 e. The maximum Gasteiger partial charge on any atom is 1.00 e. The number of nitrogens with zero attached hydrogens (tertiary/aromatic N) is 2. The number of furan rings is 1. The van der Waals surface area contributed by atoms with Gasteiger partial charge in [-0.1, -0.05) is 0 Å². The molecule has 1 fully saturated rings. The third-order valence-electron chi connectivity index (χ3n) is 5.30. The van der Waals surface area contributed by atoms with Crippen molar-refractivity contribution in [3.05, 3.63) is 41.7 Å². The Morgan fingerprint density at radius 2 is 1.85 bits per heavy atom. The van der Waals surface area contributed by atoms with Gasteiger partial charge in [-0.25, -0.2) is 0 Å². The maximum absolute atomic E-state index is 11.7. The van der Waals surface area contributed by atoms with Gasteiger partial charge in [0.15, 0.2) is 17.4 Å². The molecule has 1 aromatic carbocycles. The van der Waals surface area contributed by atoms with Gasteiger partial charge in [0.05, 0.1) is 32.3 Å². The molecule has 3 rings (SSSR count). The first-order chi connectivity index (χ1) is 15.9. The molecule has 1 aromatic heterocycles. The second-order valence-corrected chi connectivity index (χ2v) is 7.46. The number of benzene rings is 1. The van der Waals surface area contributed by atoms with Crippen LogP contribution in [0, 0.1) is 11.3 Å². The quantitative estimate of drug-likeness (QED) is 0.265. The molecular weight excluding hydrogens is 451 g/mol. The van der Waals surface area contributed by atoms with Crippen molar-refractivity contribution in [1.29, 1.82) is 5.26 Å². The Kier molecular flexibility index (Phi) is 10.5. The van der Waals surface area contributed by atoms with E-state index < -0.39 is 11.9 Å². The van der Waals surface area contributed by atoms with E-state index in [2.05, 4.69) is 6.07 Å². The fourth-order valence-electron chi connectivity index (χ4n) is 3.56. The fraction of sp³-hybridized carbons (Fsp3) is 0.375. The van der Waals surface area contributed by atoms with Gasteiger partial charge in [-0.15, -0.1) is 0 Å². The molecule has 0 amide bonds. The molecule has 2 aromatic rings. The molecule has 34 heavy (non-hydrogen) atoms. The zero-order chi connectivity index (χ0) is 23.8. The number of carbonyl (C=O) groups excluding carboxylic acids is 2. The van der Waals surface area contributed by atoms with Gasteiger partial charge in [0.1, 0.15) is 11.9 Å². The number of hydrogen-bond acceptors (Lipinski definition) is 9. The number of anilines is 1. The van der Waals surface area contributed by atoms with Gasteiger partial charge in [0, 0.05) is 38.0 Å². The molecule has 0 N–H and O–H groups in total. The molecule has 0 saturated carbocycles. The number of carbonyl (C=O) groups is 2. The third kappa shape index (κ3) is 7.29. The number of ether oxygens (including phenoxy) is 3. The van der Waals surface area contributed by atoms with E-state index in [4.69, 9.17) is 18.6 Å². The summed E-state index contributed by atoms with van der Waals surface area (Å²) in [6.07, 6.45) is 2.11. The van der Waals surface area contributed by atoms with Crippen molar-refractivity contribution in [3.8, 4) is 17.6 Å². The van der Waals surface area contributed by atoms with Crippen LogP contribution in [0.1, 0.15) is 37.0 Å². The first-order valence-corrected chi connectivity index (χ1v) is 10.5. The normalized spacial score (nSPS) is 14.0. The summed E-state index contributed by atoms with van der Waals surface area (Å²) < 4.78 is 21.8. The van der Waals surface area contributed by atoms with Crippen molar-refractivity contribution >= 4 is 29.5 Å². The van der Waals surface area contributed by atoms with Gasteiger partial charge in [0.2, 0.25) is 0 Å². The molecule has 0 radical (unpaired) electrons. The van der Waals surface area contributed by atoms with Crippen molar-refractivity contribution in [2.75, 3.05) is 32.2 Å². The summed E-state index contributed by atoms with van der Waals surface area (Å²) in [6.45, 7) is 1.24. The number of rotatable bonds is 9. The zero-order valence-corrected chi connectivity index (χ0v) is 21.5. The van der Waals surface area contributed by atoms with Crippen LogP contribution in [0.25, 0.3) is 11.6 Å². The van der Waals surface area contributed by atoms with Crippen molar-refractivity contribution in [2.45, 2.75) is 31.8 Å². The van der Waals surface area contributed by atoms with Gasteiger partial charge < -0.3 is 33.4 Å². The maximum atomic E-state index is 11.7. The van der Waals surface area contributed by atoms with Crippen LogP contribution in [0.4, 0.5) is 5.88 Å². The number of carboxylic acids is 1. The first-order valence-electron chi connectivity index (χ1n) is 10.5. The van der Waals surface area contributed by atoms with Crippen LogP contribution in [0.3, 0.4) is 0 Å². The summed E-state index contributed by atoms with van der Waals surface area (Å²) in [5.74, 6) is 0.503. The van der Waals surface area contributed by atoms with E-state index in [0.29, 0.717) is 60.2 Å². The molecule has 1 aliphatic heterocycles. The minimum atomic E-state index is -1.27. The molecule has 2 heterocycles. The predicted molar refractivity (Wildman–Crippen MR) is 117 cm³/mol. The Hall–Kier alpha value is -2.93. The minimum absolute atomic E-state index is 0. The predicted octanol–water partition coefficient (Wildman–Crippen LogP) is -0.593. The fourth-order valence-corrected chi connectivity index (χ4v) is 3.56. The summed E-state index contributed by atoms with van der Waals surface area (Å²) in [7, 11) is 3.08. The van der Waals surface area contributed by atoms with Crippen LogP contribution in [0.2, 0.25) is 0 Å². The van der Waals surface area contributed by atoms with Crippen LogP contribution in [0.5, 0.6) is 11.5 Å². The van der Waals surface area contributed by atoms with E-state index in [9.17, 15) is 20.0 Å². The van der Waals surface area contributed by atoms with Crippen molar-refractivity contribution in [2.24, 2.45) is 0 Å². The zero-order valence-electron chi connectivity index (χ0n) is 19.5. The van der Waals surface area contributed by atoms with E-state index >= 15 is 0 Å². The molecule has 1 aliphatic rings. The summed E-state index contributed by atoms with van der Waals surface area (Å²) in [4.78, 5) is 24.2. The Labute approximate surface area is 220 Å². The molecule has 1 saturated heterocycles. The van der Waals surface area contributed by atoms with E-state index in [1.165, 1.54) is 7.11 Å². The summed E-state index contributed by atoms with van der Waals surface area (Å²) in [5, 5.41) is 20.1.